The summed E-state index contributed by atoms with van der Waals surface area (Å²) in [6, 6.07) is 8.13. The number of carbonyl (C=O) groups excluding carboxylic acids is 1. The Bertz CT molecular complexity index is 391. The molecule has 5 heteroatoms. The van der Waals surface area contributed by atoms with E-state index in [-0.39, 0.29) is 31.8 Å². The van der Waals surface area contributed by atoms with Gasteiger partial charge in [0.05, 0.1) is 12.6 Å². The molecule has 3 N–H and O–H groups in total. The van der Waals surface area contributed by atoms with Crippen molar-refractivity contribution in [3.8, 4) is 0 Å². The second-order valence-corrected chi connectivity index (χ2v) is 3.89. The lowest BCUT2D eigenvalue weighted by Crippen LogP contribution is -2.38. The second-order valence-electron chi connectivity index (χ2n) is 3.89. The lowest BCUT2D eigenvalue weighted by molar-refractivity contribution is -0.137. The fourth-order valence-corrected chi connectivity index (χ4v) is 1.64. The molecule has 1 rings (SSSR count). The highest BCUT2D eigenvalue weighted by atomic mass is 16.4. The number of rotatable bonds is 8. The molecule has 0 aliphatic rings. The molecule has 0 bridgehead atoms. The third kappa shape index (κ3) is 4.65. The third-order valence-electron chi connectivity index (χ3n) is 2.52. The number of aliphatic hydroxyl groups excluding tert-OH is 1. The molecule has 0 radical (unpaired) electrons. The van der Waals surface area contributed by atoms with Crippen LogP contribution >= 0.6 is 0 Å². The van der Waals surface area contributed by atoms with Crippen molar-refractivity contribution in [2.75, 3.05) is 13.2 Å². The average molecular weight is 251 g/mol. The van der Waals surface area contributed by atoms with Crippen LogP contribution in [0.3, 0.4) is 0 Å². The first-order valence-electron chi connectivity index (χ1n) is 5.80. The fraction of sp³-hybridized carbons (Fsp3) is 0.385. The van der Waals surface area contributed by atoms with Gasteiger partial charge in [-0.3, -0.25) is 9.59 Å². The summed E-state index contributed by atoms with van der Waals surface area (Å²) in [5, 5.41) is 20.3. The summed E-state index contributed by atoms with van der Waals surface area (Å²) in [7, 11) is 0. The van der Waals surface area contributed by atoms with E-state index in [1.54, 1.807) is 24.3 Å². The summed E-state index contributed by atoms with van der Waals surface area (Å²) < 4.78 is 0. The highest BCUT2D eigenvalue weighted by Crippen LogP contribution is 2.08. The van der Waals surface area contributed by atoms with Crippen LogP contribution in [0.1, 0.15) is 23.2 Å². The Morgan fingerprint density at radius 2 is 1.89 bits per heavy atom. The fourth-order valence-electron chi connectivity index (χ4n) is 1.64. The number of carbonyl (C=O) groups is 2. The van der Waals surface area contributed by atoms with Crippen LogP contribution in [0.5, 0.6) is 0 Å². The number of carboxylic acid groups (broad SMARTS) is 1. The Morgan fingerprint density at radius 3 is 2.44 bits per heavy atom. The zero-order chi connectivity index (χ0) is 13.4. The number of hydrogen-bond donors (Lipinski definition) is 3. The lowest BCUT2D eigenvalue weighted by Gasteiger charge is -2.16. The molecule has 1 atom stereocenters. The minimum Gasteiger partial charge on any atom is -0.481 e. The van der Waals surface area contributed by atoms with Crippen LogP contribution in [-0.2, 0) is 4.79 Å². The van der Waals surface area contributed by atoms with Crippen LogP contribution in [0.2, 0.25) is 0 Å². The molecule has 0 amide bonds. The normalized spacial score (nSPS) is 12.1. The number of nitrogens with one attached hydrogen (secondary N) is 1. The Balaban J connectivity index is 2.69. The summed E-state index contributed by atoms with van der Waals surface area (Å²) in [6.45, 7) is 0.175. The molecular weight excluding hydrogens is 234 g/mol. The van der Waals surface area contributed by atoms with Gasteiger partial charge < -0.3 is 15.5 Å². The highest BCUT2D eigenvalue weighted by molar-refractivity contribution is 6.00. The molecule has 0 aliphatic heterocycles. The van der Waals surface area contributed by atoms with Crippen molar-refractivity contribution in [3.63, 3.8) is 0 Å². The predicted octanol–water partition coefficient (Wildman–Crippen LogP) is 0.685. The molecular formula is C13H17NO4. The Kier molecular flexibility index (Phi) is 6.04. The van der Waals surface area contributed by atoms with Crippen molar-refractivity contribution in [1.29, 1.82) is 0 Å². The van der Waals surface area contributed by atoms with Gasteiger partial charge in [-0.1, -0.05) is 30.3 Å². The molecule has 0 aromatic heterocycles. The molecule has 18 heavy (non-hydrogen) atoms. The third-order valence-corrected chi connectivity index (χ3v) is 2.52. The lowest BCUT2D eigenvalue weighted by atomic mass is 10.00. The van der Waals surface area contributed by atoms with E-state index < -0.39 is 12.0 Å². The van der Waals surface area contributed by atoms with E-state index >= 15 is 0 Å². The van der Waals surface area contributed by atoms with Gasteiger partial charge >= 0.3 is 5.97 Å². The van der Waals surface area contributed by atoms with Crippen LogP contribution < -0.4 is 5.32 Å². The smallest absolute Gasteiger partial charge is 0.303 e. The Labute approximate surface area is 105 Å². The van der Waals surface area contributed by atoms with Gasteiger partial charge in [0.1, 0.15) is 0 Å². The quantitative estimate of drug-likeness (QED) is 0.592. The minimum absolute atomic E-state index is 0.0817. The van der Waals surface area contributed by atoms with Crippen LogP contribution in [0, 0.1) is 0 Å². The number of aliphatic hydroxyl groups is 1. The summed E-state index contributed by atoms with van der Waals surface area (Å²) in [4.78, 5) is 22.7. The van der Waals surface area contributed by atoms with E-state index in [9.17, 15) is 9.59 Å². The highest BCUT2D eigenvalue weighted by Gasteiger charge is 2.19. The van der Waals surface area contributed by atoms with Gasteiger partial charge in [0.25, 0.3) is 0 Å². The molecule has 0 aliphatic carbocycles. The zero-order valence-electron chi connectivity index (χ0n) is 10.0. The molecule has 0 saturated heterocycles. The van der Waals surface area contributed by atoms with Crippen molar-refractivity contribution in [2.24, 2.45) is 0 Å². The van der Waals surface area contributed by atoms with Crippen molar-refractivity contribution in [2.45, 2.75) is 18.9 Å². The van der Waals surface area contributed by atoms with Gasteiger partial charge in [0.2, 0.25) is 0 Å². The summed E-state index contributed by atoms with van der Waals surface area (Å²) in [5.41, 5.74) is 0.540. The number of hydrogen-bond acceptors (Lipinski definition) is 4. The van der Waals surface area contributed by atoms with E-state index in [0.717, 1.165) is 0 Å². The van der Waals surface area contributed by atoms with Crippen LogP contribution in [0.25, 0.3) is 0 Å². The molecule has 0 saturated carbocycles. The van der Waals surface area contributed by atoms with Crippen LogP contribution in [0.15, 0.2) is 30.3 Å². The number of benzene rings is 1. The van der Waals surface area contributed by atoms with Gasteiger partial charge in [-0.25, -0.2) is 0 Å². The molecule has 1 unspecified atom stereocenters. The van der Waals surface area contributed by atoms with Gasteiger partial charge in [-0.15, -0.1) is 0 Å². The van der Waals surface area contributed by atoms with E-state index in [4.69, 9.17) is 10.2 Å². The second kappa shape index (κ2) is 7.58. The van der Waals surface area contributed by atoms with Crippen LogP contribution in [-0.4, -0.2) is 41.2 Å². The number of ketones is 1. The van der Waals surface area contributed by atoms with Gasteiger partial charge in [-0.2, -0.15) is 0 Å². The monoisotopic (exact) mass is 251 g/mol. The summed E-state index contributed by atoms with van der Waals surface area (Å²) >= 11 is 0. The van der Waals surface area contributed by atoms with Gasteiger partial charge in [-0.05, 0) is 6.42 Å². The molecule has 1 aromatic rings. The average Bonchev–Trinajstić information content (AvgIpc) is 2.39. The van der Waals surface area contributed by atoms with Crippen molar-refractivity contribution >= 4 is 11.8 Å². The summed E-state index contributed by atoms with van der Waals surface area (Å²) in [6.07, 6.45) is 0.130. The summed E-state index contributed by atoms with van der Waals surface area (Å²) in [5.74, 6) is -1.09. The number of aliphatic carboxylic acids is 1. The van der Waals surface area contributed by atoms with Crippen molar-refractivity contribution in [1.82, 2.24) is 5.32 Å². The Morgan fingerprint density at radius 1 is 1.22 bits per heavy atom. The molecule has 0 fully saturated rings. The van der Waals surface area contributed by atoms with E-state index in [1.165, 1.54) is 0 Å². The van der Waals surface area contributed by atoms with E-state index in [2.05, 4.69) is 5.32 Å². The first-order chi connectivity index (χ1) is 8.65. The minimum atomic E-state index is -0.938. The molecule has 0 heterocycles. The standard InChI is InChI=1S/C13H17NO4/c15-9-8-14-11(6-7-12(16)17)13(18)10-4-2-1-3-5-10/h1-5,11,14-15H,6-9H2,(H,16,17). The van der Waals surface area contributed by atoms with Crippen molar-refractivity contribution < 1.29 is 19.8 Å². The van der Waals surface area contributed by atoms with E-state index in [0.29, 0.717) is 5.56 Å². The maximum atomic E-state index is 12.1. The maximum absolute atomic E-state index is 12.1. The Hall–Kier alpha value is -1.72. The largest absolute Gasteiger partial charge is 0.481 e. The SMILES string of the molecule is O=C(O)CCC(NCCO)C(=O)c1ccccc1. The first-order valence-corrected chi connectivity index (χ1v) is 5.80. The number of Topliss-reactive ketones (excluding diaryl/α,β-unsaturated/α-hetero) is 1. The number of carboxylic acids is 1. The molecule has 1 aromatic carbocycles. The van der Waals surface area contributed by atoms with Crippen molar-refractivity contribution in [3.05, 3.63) is 35.9 Å². The first kappa shape index (κ1) is 14.3. The maximum Gasteiger partial charge on any atom is 0.303 e. The van der Waals surface area contributed by atoms with Crippen LogP contribution in [0.4, 0.5) is 0 Å². The molecule has 5 nitrogen and oxygen atoms in total. The zero-order valence-corrected chi connectivity index (χ0v) is 10.0. The molecule has 98 valence electrons. The van der Waals surface area contributed by atoms with Gasteiger partial charge in [0.15, 0.2) is 5.78 Å². The topological polar surface area (TPSA) is 86.6 Å². The molecule has 0 spiro atoms. The van der Waals surface area contributed by atoms with Gasteiger partial charge in [0, 0.05) is 18.5 Å². The predicted molar refractivity (Wildman–Crippen MR) is 66.5 cm³/mol. The van der Waals surface area contributed by atoms with E-state index in [1.807, 2.05) is 6.07 Å².